The average Bonchev–Trinajstić information content (AvgIpc) is 3.13. The summed E-state index contributed by atoms with van der Waals surface area (Å²) in [7, 11) is 1.40. The van der Waals surface area contributed by atoms with Gasteiger partial charge in [-0.15, -0.1) is 0 Å². The zero-order valence-electron chi connectivity index (χ0n) is 11.8. The number of aliphatic hydroxyl groups is 1. The minimum Gasteiger partial charge on any atom is -0.384 e. The predicted octanol–water partition coefficient (Wildman–Crippen LogP) is 1.89. The van der Waals surface area contributed by atoms with Crippen LogP contribution in [0.5, 0.6) is 0 Å². The van der Waals surface area contributed by atoms with E-state index in [-0.39, 0.29) is 0 Å². The Kier molecular flexibility index (Phi) is 4.23. The van der Waals surface area contributed by atoms with E-state index < -0.39 is 11.4 Å². The van der Waals surface area contributed by atoms with Crippen molar-refractivity contribution < 1.29 is 24.4 Å². The minimum atomic E-state index is -0.881. The molecule has 1 saturated carbocycles. The number of hydrogen-bond acceptors (Lipinski definition) is 8. The summed E-state index contributed by atoms with van der Waals surface area (Å²) in [6.07, 6.45) is 5.39. The van der Waals surface area contributed by atoms with Crippen LogP contribution in [0.3, 0.4) is 0 Å². The summed E-state index contributed by atoms with van der Waals surface area (Å²) in [5.41, 5.74) is -0.881. The molecule has 1 N–H and O–H groups in total. The molecule has 3 rings (SSSR count). The van der Waals surface area contributed by atoms with E-state index in [1.165, 1.54) is 24.8 Å². The van der Waals surface area contributed by atoms with Crippen LogP contribution < -0.4 is 0 Å². The van der Waals surface area contributed by atoms with Crippen molar-refractivity contribution in [3.63, 3.8) is 0 Å². The van der Waals surface area contributed by atoms with E-state index in [4.69, 9.17) is 9.47 Å². The van der Waals surface area contributed by atoms with Gasteiger partial charge in [-0.05, 0) is 12.8 Å². The van der Waals surface area contributed by atoms with Gasteiger partial charge in [0, 0.05) is 19.0 Å². The minimum absolute atomic E-state index is 0.482. The van der Waals surface area contributed by atoms with Crippen molar-refractivity contribution in [2.24, 2.45) is 4.99 Å². The van der Waals surface area contributed by atoms with Gasteiger partial charge in [0.2, 0.25) is 11.5 Å². The first kappa shape index (κ1) is 14.9. The maximum atomic E-state index is 10.8. The second-order valence-corrected chi connectivity index (χ2v) is 6.15. The van der Waals surface area contributed by atoms with Gasteiger partial charge in [0.25, 0.3) is 0 Å². The summed E-state index contributed by atoms with van der Waals surface area (Å²) < 4.78 is 11.4. The summed E-state index contributed by atoms with van der Waals surface area (Å²) in [5.74, 6) is -0.482. The molecule has 2 fully saturated rings. The Bertz CT molecular complexity index is 502. The van der Waals surface area contributed by atoms with Gasteiger partial charge in [-0.1, -0.05) is 11.3 Å². The van der Waals surface area contributed by atoms with Crippen LogP contribution in [0.4, 0.5) is 5.13 Å². The van der Waals surface area contributed by atoms with Crippen LogP contribution in [-0.2, 0) is 24.8 Å². The van der Waals surface area contributed by atoms with E-state index in [0.717, 1.165) is 4.88 Å². The predicted molar refractivity (Wildman–Crippen MR) is 75.4 cm³/mol. The Morgan fingerprint density at radius 2 is 2.05 bits per heavy atom. The fourth-order valence-electron chi connectivity index (χ4n) is 2.73. The molecule has 21 heavy (non-hydrogen) atoms. The molecular formula is C13H18N2O5S. The number of rotatable bonds is 4. The number of nitrogens with zero attached hydrogens (tertiary/aromatic N) is 2. The Morgan fingerprint density at radius 1 is 1.33 bits per heavy atom. The topological polar surface area (TPSA) is 82.4 Å². The Hall–Kier alpha value is -1.06. The van der Waals surface area contributed by atoms with Crippen molar-refractivity contribution in [3.05, 3.63) is 11.1 Å². The van der Waals surface area contributed by atoms with Crippen LogP contribution in [0.25, 0.3) is 0 Å². The standard InChI is InChI=1S/C13H18N2O5S/c1-17-20-9-15-11-14-8-10(21-11)12(16)2-4-13(5-3-12)18-6-7-19-13/h8-9,16H,2-7H2,1H3/b15-9+. The van der Waals surface area contributed by atoms with Gasteiger partial charge in [0.1, 0.15) is 5.60 Å². The van der Waals surface area contributed by atoms with Gasteiger partial charge in [-0.3, -0.25) is 0 Å². The summed E-state index contributed by atoms with van der Waals surface area (Å²) in [6, 6.07) is 0. The molecule has 0 aromatic carbocycles. The average molecular weight is 314 g/mol. The zero-order valence-corrected chi connectivity index (χ0v) is 12.6. The largest absolute Gasteiger partial charge is 0.384 e. The number of hydrogen-bond donors (Lipinski definition) is 1. The third kappa shape index (κ3) is 3.09. The molecule has 8 heteroatoms. The molecule has 2 aliphatic rings. The molecule has 1 aromatic heterocycles. The van der Waals surface area contributed by atoms with Gasteiger partial charge >= 0.3 is 0 Å². The van der Waals surface area contributed by atoms with Gasteiger partial charge in [0.05, 0.1) is 25.2 Å². The lowest BCUT2D eigenvalue weighted by atomic mass is 9.80. The van der Waals surface area contributed by atoms with Crippen molar-refractivity contribution in [3.8, 4) is 0 Å². The number of ether oxygens (including phenoxy) is 2. The molecule has 0 atom stereocenters. The Balaban J connectivity index is 1.66. The quantitative estimate of drug-likeness (QED) is 0.395. The van der Waals surface area contributed by atoms with E-state index in [1.807, 2.05) is 0 Å². The van der Waals surface area contributed by atoms with Crippen molar-refractivity contribution in [1.82, 2.24) is 4.98 Å². The summed E-state index contributed by atoms with van der Waals surface area (Å²) in [6.45, 7) is 1.27. The van der Waals surface area contributed by atoms with Crippen molar-refractivity contribution in [2.45, 2.75) is 37.1 Å². The third-order valence-corrected chi connectivity index (χ3v) is 5.01. The molecule has 7 nitrogen and oxygen atoms in total. The van der Waals surface area contributed by atoms with Gasteiger partial charge in [-0.2, -0.15) is 9.88 Å². The highest BCUT2D eigenvalue weighted by molar-refractivity contribution is 7.15. The van der Waals surface area contributed by atoms with Crippen LogP contribution in [0, 0.1) is 0 Å². The third-order valence-electron chi connectivity index (χ3n) is 3.91. The van der Waals surface area contributed by atoms with E-state index in [1.54, 1.807) is 6.20 Å². The van der Waals surface area contributed by atoms with Crippen LogP contribution >= 0.6 is 11.3 Å². The fraction of sp³-hybridized carbons (Fsp3) is 0.692. The summed E-state index contributed by atoms with van der Waals surface area (Å²) in [5, 5.41) is 11.3. The molecule has 116 valence electrons. The highest BCUT2D eigenvalue weighted by Gasteiger charge is 2.46. The first-order chi connectivity index (χ1) is 10.2. The fourth-order valence-corrected chi connectivity index (χ4v) is 3.62. The lowest BCUT2D eigenvalue weighted by Crippen LogP contribution is -2.41. The molecular weight excluding hydrogens is 296 g/mol. The van der Waals surface area contributed by atoms with Gasteiger partial charge < -0.3 is 19.5 Å². The van der Waals surface area contributed by atoms with E-state index >= 15 is 0 Å². The molecule has 0 bridgehead atoms. The molecule has 1 aliphatic heterocycles. The summed E-state index contributed by atoms with van der Waals surface area (Å²) in [4.78, 5) is 17.9. The zero-order chi connectivity index (χ0) is 14.8. The van der Waals surface area contributed by atoms with Gasteiger partial charge in [-0.25, -0.2) is 4.98 Å². The molecule has 0 amide bonds. The molecule has 0 unspecified atom stereocenters. The van der Waals surface area contributed by atoms with Crippen molar-refractivity contribution in [2.75, 3.05) is 20.3 Å². The molecule has 1 spiro atoms. The lowest BCUT2D eigenvalue weighted by Gasteiger charge is -2.39. The van der Waals surface area contributed by atoms with E-state index in [0.29, 0.717) is 44.0 Å². The van der Waals surface area contributed by atoms with Gasteiger partial charge in [0.15, 0.2) is 5.79 Å². The maximum absolute atomic E-state index is 10.8. The highest BCUT2D eigenvalue weighted by atomic mass is 32.1. The van der Waals surface area contributed by atoms with Crippen molar-refractivity contribution >= 4 is 22.9 Å². The smallest absolute Gasteiger partial charge is 0.222 e. The second kappa shape index (κ2) is 5.98. The highest BCUT2D eigenvalue weighted by Crippen LogP contribution is 2.46. The first-order valence-corrected chi connectivity index (χ1v) is 7.66. The molecule has 1 aromatic rings. The molecule has 2 heterocycles. The van der Waals surface area contributed by atoms with Crippen LogP contribution in [0.1, 0.15) is 30.6 Å². The molecule has 1 saturated heterocycles. The Labute approximate surface area is 126 Å². The first-order valence-electron chi connectivity index (χ1n) is 6.84. The van der Waals surface area contributed by atoms with E-state index in [9.17, 15) is 5.11 Å². The lowest BCUT2D eigenvalue weighted by molar-refractivity contribution is -0.203. The number of aliphatic imine (C=N–C) groups is 1. The van der Waals surface area contributed by atoms with Crippen molar-refractivity contribution in [1.29, 1.82) is 0 Å². The van der Waals surface area contributed by atoms with E-state index in [2.05, 4.69) is 19.8 Å². The number of aromatic nitrogens is 1. The number of thiazole rings is 1. The second-order valence-electron chi connectivity index (χ2n) is 5.14. The van der Waals surface area contributed by atoms with Crippen LogP contribution in [0.15, 0.2) is 11.2 Å². The summed E-state index contributed by atoms with van der Waals surface area (Å²) >= 11 is 1.34. The SMILES string of the molecule is COO/C=N/c1ncc(C2(O)CCC3(CC2)OCCO3)s1. The maximum Gasteiger partial charge on any atom is 0.222 e. The van der Waals surface area contributed by atoms with Crippen LogP contribution in [-0.4, -0.2) is 42.6 Å². The monoisotopic (exact) mass is 314 g/mol. The molecule has 0 radical (unpaired) electrons. The molecule has 1 aliphatic carbocycles. The normalized spacial score (nSPS) is 23.9. The van der Waals surface area contributed by atoms with Crippen LogP contribution in [0.2, 0.25) is 0 Å². The Morgan fingerprint density at radius 3 is 2.71 bits per heavy atom.